The summed E-state index contributed by atoms with van der Waals surface area (Å²) in [5, 5.41) is 57.0. The van der Waals surface area contributed by atoms with E-state index in [9.17, 15) is 35.1 Å². The molecule has 0 aromatic rings. The molecule has 1 amide bonds. The van der Waals surface area contributed by atoms with Gasteiger partial charge in [0.2, 0.25) is 5.91 Å². The molecule has 82 heavy (non-hydrogen) atoms. The number of rotatable bonds is 56. The third-order valence-corrected chi connectivity index (χ3v) is 15.2. The lowest BCUT2D eigenvalue weighted by molar-refractivity contribution is -0.305. The molecule has 0 aromatic heterocycles. The van der Waals surface area contributed by atoms with Crippen LogP contribution in [-0.4, -0.2) is 99.6 Å². The number of hydrogen-bond acceptors (Lipinski definition) is 10. The van der Waals surface area contributed by atoms with Crippen molar-refractivity contribution in [3.8, 4) is 0 Å². The molecule has 1 aliphatic rings. The van der Waals surface area contributed by atoms with Crippen molar-refractivity contribution in [1.29, 1.82) is 0 Å². The number of amides is 1. The van der Waals surface area contributed by atoms with Crippen LogP contribution in [0, 0.1) is 0 Å². The minimum atomic E-state index is -1.63. The topological polar surface area (TPSA) is 175 Å². The van der Waals surface area contributed by atoms with Gasteiger partial charge in [0, 0.05) is 6.42 Å². The van der Waals surface area contributed by atoms with Crippen molar-refractivity contribution >= 4 is 11.9 Å². The van der Waals surface area contributed by atoms with Crippen molar-refractivity contribution in [2.75, 3.05) is 13.2 Å². The van der Waals surface area contributed by atoms with Crippen molar-refractivity contribution < 1.29 is 49.3 Å². The summed E-state index contributed by atoms with van der Waals surface area (Å²) in [6.07, 6.45) is 67.4. The molecule has 0 radical (unpaired) electrons. The molecule has 11 nitrogen and oxygen atoms in total. The first-order valence-electron chi connectivity index (χ1n) is 33.5. The van der Waals surface area contributed by atoms with E-state index in [-0.39, 0.29) is 19.4 Å². The highest BCUT2D eigenvalue weighted by Gasteiger charge is 2.47. The van der Waals surface area contributed by atoms with Crippen molar-refractivity contribution in [2.45, 2.75) is 327 Å². The molecule has 1 aliphatic heterocycles. The fourth-order valence-corrected chi connectivity index (χ4v) is 9.88. The summed E-state index contributed by atoms with van der Waals surface area (Å²) in [5.74, 6) is -1.26. The van der Waals surface area contributed by atoms with Gasteiger partial charge in [-0.25, -0.2) is 0 Å². The first-order chi connectivity index (χ1) is 40.2. The Morgan fingerprint density at radius 3 is 1.28 bits per heavy atom. The maximum absolute atomic E-state index is 13.4. The normalized spacial score (nSPS) is 19.2. The monoisotopic (exact) mass is 1150 g/mol. The first-order valence-corrected chi connectivity index (χ1v) is 33.5. The number of aliphatic hydroxyl groups is 5. The fraction of sp³-hybridized carbons (Fsp3) is 0.746. The molecular weight excluding hydrogens is 1030 g/mol. The van der Waals surface area contributed by atoms with Gasteiger partial charge >= 0.3 is 5.97 Å². The summed E-state index contributed by atoms with van der Waals surface area (Å²) in [5.41, 5.74) is 0. The molecule has 11 heteroatoms. The third-order valence-electron chi connectivity index (χ3n) is 15.2. The molecule has 472 valence electrons. The first kappa shape index (κ1) is 76.6. The van der Waals surface area contributed by atoms with E-state index >= 15 is 0 Å². The van der Waals surface area contributed by atoms with Gasteiger partial charge in [0.1, 0.15) is 24.4 Å². The molecule has 1 rings (SSSR count). The Labute approximate surface area is 501 Å². The second-order valence-corrected chi connectivity index (χ2v) is 22.8. The molecule has 1 saturated heterocycles. The molecule has 8 unspecified atom stereocenters. The molecule has 0 bridgehead atoms. The summed E-state index contributed by atoms with van der Waals surface area (Å²) in [6.45, 7) is 5.70. The zero-order chi connectivity index (χ0) is 59.6. The summed E-state index contributed by atoms with van der Waals surface area (Å²) < 4.78 is 17.6. The molecule has 0 aliphatic carbocycles. The standard InChI is InChI=1S/C71H123NO10/c1-4-7-10-13-16-19-22-25-27-29-30-31-32-33-34-35-36-37-39-41-44-47-50-53-56-59-66(76)82-69-68(78)67(77)65(60-73)81-71(69)80-61-62(63(74)57-54-51-48-45-42-24-21-18-15-12-9-6-3)72-70(79)64(75)58-55-52-49-46-43-40-38-28-26-23-20-17-14-11-8-5-2/h16-17,19-20,25-28,30-31,40,43,49,52,54,57,62-65,67-69,71,73-75,77-78H,4-15,18,21-24,29,32-39,41-42,44-48,50-51,53,55-56,58-61H2,1-3H3,(H,72,79)/b19-16-,20-17-,27-25-,28-26-,31-30-,43-40-,52-49-,57-54+. The SMILES string of the molecule is CCCCC/C=C\C/C=C\C/C=C\C/C=C\CCC(O)C(=O)NC(COC1OC(CO)C(O)C(O)C1OC(=O)CCCCCCCCCCCCCC/C=C\C/C=C\C/C=C\CCCCC)C(O)/C=C/CCCCCCCCCCCC. The number of hydrogen-bond donors (Lipinski definition) is 6. The highest BCUT2D eigenvalue weighted by atomic mass is 16.7. The number of allylic oxidation sites excluding steroid dienone is 15. The molecule has 0 saturated carbocycles. The van der Waals surface area contributed by atoms with Gasteiger partial charge in [0.25, 0.3) is 0 Å². The Hall–Kier alpha value is -3.42. The van der Waals surface area contributed by atoms with Crippen LogP contribution in [0.5, 0.6) is 0 Å². The molecule has 0 spiro atoms. The average molecular weight is 1150 g/mol. The van der Waals surface area contributed by atoms with E-state index < -0.39 is 67.4 Å². The maximum Gasteiger partial charge on any atom is 0.306 e. The molecular formula is C71H123NO10. The molecule has 0 aromatic carbocycles. The van der Waals surface area contributed by atoms with Gasteiger partial charge in [-0.05, 0) is 103 Å². The van der Waals surface area contributed by atoms with Crippen LogP contribution in [0.1, 0.15) is 278 Å². The van der Waals surface area contributed by atoms with Crippen molar-refractivity contribution in [2.24, 2.45) is 0 Å². The summed E-state index contributed by atoms with van der Waals surface area (Å²) >= 11 is 0. The van der Waals surface area contributed by atoms with Crippen LogP contribution in [0.4, 0.5) is 0 Å². The van der Waals surface area contributed by atoms with E-state index in [1.165, 1.54) is 141 Å². The van der Waals surface area contributed by atoms with Gasteiger partial charge in [-0.15, -0.1) is 0 Å². The Morgan fingerprint density at radius 2 is 0.841 bits per heavy atom. The van der Waals surface area contributed by atoms with Gasteiger partial charge in [-0.1, -0.05) is 266 Å². The fourth-order valence-electron chi connectivity index (χ4n) is 9.88. The van der Waals surface area contributed by atoms with Crippen molar-refractivity contribution in [3.05, 3.63) is 97.2 Å². The van der Waals surface area contributed by atoms with Gasteiger partial charge < -0.3 is 45.1 Å². The van der Waals surface area contributed by atoms with E-state index in [1.807, 2.05) is 18.2 Å². The number of aliphatic hydroxyl groups excluding tert-OH is 5. The van der Waals surface area contributed by atoms with E-state index in [4.69, 9.17) is 14.2 Å². The van der Waals surface area contributed by atoms with E-state index in [1.54, 1.807) is 6.08 Å². The van der Waals surface area contributed by atoms with Crippen molar-refractivity contribution in [1.82, 2.24) is 5.32 Å². The van der Waals surface area contributed by atoms with E-state index in [0.717, 1.165) is 89.9 Å². The van der Waals surface area contributed by atoms with E-state index in [0.29, 0.717) is 12.8 Å². The number of carbonyl (C=O) groups is 2. The van der Waals surface area contributed by atoms with Crippen LogP contribution < -0.4 is 5.32 Å². The van der Waals surface area contributed by atoms with Crippen LogP contribution >= 0.6 is 0 Å². The quantitative estimate of drug-likeness (QED) is 0.0195. The summed E-state index contributed by atoms with van der Waals surface area (Å²) in [6, 6.07) is -1.06. The lowest BCUT2D eigenvalue weighted by Crippen LogP contribution is -2.61. The Bertz CT molecular complexity index is 1700. The zero-order valence-electron chi connectivity index (χ0n) is 52.3. The van der Waals surface area contributed by atoms with Crippen LogP contribution in [0.2, 0.25) is 0 Å². The number of carbonyl (C=O) groups excluding carboxylic acids is 2. The Balaban J connectivity index is 2.63. The average Bonchev–Trinajstić information content (AvgIpc) is 3.68. The van der Waals surface area contributed by atoms with Gasteiger partial charge in [0.05, 0.1) is 25.4 Å². The summed E-state index contributed by atoms with van der Waals surface area (Å²) in [7, 11) is 0. The number of esters is 1. The number of nitrogens with one attached hydrogen (secondary N) is 1. The maximum atomic E-state index is 13.4. The minimum absolute atomic E-state index is 0.111. The predicted octanol–water partition coefficient (Wildman–Crippen LogP) is 16.7. The predicted molar refractivity (Wildman–Crippen MR) is 342 cm³/mol. The van der Waals surface area contributed by atoms with Crippen molar-refractivity contribution in [3.63, 3.8) is 0 Å². The van der Waals surface area contributed by atoms with E-state index in [2.05, 4.69) is 99.0 Å². The van der Waals surface area contributed by atoms with Crippen LogP contribution in [0.3, 0.4) is 0 Å². The van der Waals surface area contributed by atoms with Crippen LogP contribution in [-0.2, 0) is 23.8 Å². The Morgan fingerprint density at radius 1 is 0.476 bits per heavy atom. The van der Waals surface area contributed by atoms with Gasteiger partial charge in [-0.3, -0.25) is 9.59 Å². The molecule has 1 heterocycles. The number of ether oxygens (including phenoxy) is 3. The molecule has 6 N–H and O–H groups in total. The van der Waals surface area contributed by atoms with Crippen LogP contribution in [0.25, 0.3) is 0 Å². The Kier molecular flexibility index (Phi) is 54.2. The minimum Gasteiger partial charge on any atom is -0.454 e. The van der Waals surface area contributed by atoms with Crippen LogP contribution in [0.15, 0.2) is 97.2 Å². The van der Waals surface area contributed by atoms with Gasteiger partial charge in [-0.2, -0.15) is 0 Å². The highest BCUT2D eigenvalue weighted by Crippen LogP contribution is 2.26. The number of unbranched alkanes of at least 4 members (excludes halogenated alkanes) is 28. The second-order valence-electron chi connectivity index (χ2n) is 22.8. The largest absolute Gasteiger partial charge is 0.454 e. The van der Waals surface area contributed by atoms with Gasteiger partial charge in [0.15, 0.2) is 12.4 Å². The zero-order valence-corrected chi connectivity index (χ0v) is 52.3. The smallest absolute Gasteiger partial charge is 0.306 e. The highest BCUT2D eigenvalue weighted by molar-refractivity contribution is 5.80. The molecule has 1 fully saturated rings. The molecule has 8 atom stereocenters. The third kappa shape index (κ3) is 45.0. The second kappa shape index (κ2) is 58.0. The lowest BCUT2D eigenvalue weighted by atomic mass is 9.99. The lowest BCUT2D eigenvalue weighted by Gasteiger charge is -2.41. The summed E-state index contributed by atoms with van der Waals surface area (Å²) in [4.78, 5) is 26.6.